The van der Waals surface area contributed by atoms with Crippen molar-refractivity contribution in [2.75, 3.05) is 0 Å². The smallest absolute Gasteiger partial charge is 0.263 e. The maximum atomic E-state index is 13.3. The Hall–Kier alpha value is -4.03. The molecule has 0 aliphatic carbocycles. The molecule has 33 heavy (non-hydrogen) atoms. The van der Waals surface area contributed by atoms with Crippen LogP contribution in [0.1, 0.15) is 26.4 Å². The monoisotopic (exact) mass is 463 g/mol. The highest BCUT2D eigenvalue weighted by atomic mass is 32.2. The molecule has 0 saturated heterocycles. The molecule has 2 aromatic carbocycles. The number of rotatable bonds is 3. The average Bonchev–Trinajstić information content (AvgIpc) is 3.33. The van der Waals surface area contributed by atoms with Gasteiger partial charge in [-0.05, 0) is 36.4 Å². The fraction of sp³-hybridized carbons (Fsp3) is 0. The minimum Gasteiger partial charge on any atom is -0.750 e. The van der Waals surface area contributed by atoms with Gasteiger partial charge in [0.15, 0.2) is 5.75 Å². The average molecular weight is 463 g/mol. The minimum atomic E-state index is -2.88. The van der Waals surface area contributed by atoms with Gasteiger partial charge in [-0.15, -0.1) is 0 Å². The number of hydrogen-bond acceptors (Lipinski definition) is 9. The number of para-hydroxylation sites is 2. The second-order valence-corrected chi connectivity index (χ2v) is 7.21. The summed E-state index contributed by atoms with van der Waals surface area (Å²) in [5.74, 6) is -0.837. The normalized spacial score (nSPS) is 13.2. The third-order valence-corrected chi connectivity index (χ3v) is 4.97. The Morgan fingerprint density at radius 3 is 2.33 bits per heavy atom. The highest BCUT2D eigenvalue weighted by molar-refractivity contribution is 7.73. The first kappa shape index (κ1) is 22.2. The number of nitrogens with zero attached hydrogens (tertiary/aromatic N) is 3. The topological polar surface area (TPSA) is 157 Å². The van der Waals surface area contributed by atoms with Gasteiger partial charge in [-0.1, -0.05) is 24.3 Å². The maximum Gasteiger partial charge on any atom is 0.263 e. The van der Waals surface area contributed by atoms with Crippen LogP contribution >= 0.6 is 0 Å². The zero-order chi connectivity index (χ0) is 23.5. The van der Waals surface area contributed by atoms with Crippen molar-refractivity contribution in [1.82, 2.24) is 9.55 Å². The predicted octanol–water partition coefficient (Wildman–Crippen LogP) is 1.82. The number of fused-ring (bicyclic) bond motifs is 2. The number of Topliss-reactive ketones (excluding diaryl/α,β-unsaturated/α-hetero) is 1. The molecule has 1 unspecified atom stereocenters. The zero-order valence-electron chi connectivity index (χ0n) is 16.6. The third kappa shape index (κ3) is 4.08. The van der Waals surface area contributed by atoms with Crippen LogP contribution in [-0.4, -0.2) is 40.8 Å². The molecule has 0 saturated carbocycles. The van der Waals surface area contributed by atoms with Gasteiger partial charge in [0.05, 0.1) is 22.6 Å². The van der Waals surface area contributed by atoms with Crippen molar-refractivity contribution < 1.29 is 33.0 Å². The first-order valence-corrected chi connectivity index (χ1v) is 10.3. The quantitative estimate of drug-likeness (QED) is 0.274. The second kappa shape index (κ2) is 9.22. The summed E-state index contributed by atoms with van der Waals surface area (Å²) in [4.78, 5) is 34.6. The summed E-state index contributed by atoms with van der Waals surface area (Å²) in [6.45, 7) is 0. The van der Waals surface area contributed by atoms with Crippen molar-refractivity contribution >= 4 is 45.4 Å². The summed E-state index contributed by atoms with van der Waals surface area (Å²) < 4.78 is 21.4. The van der Waals surface area contributed by atoms with Crippen molar-refractivity contribution in [2.45, 2.75) is 0 Å². The van der Waals surface area contributed by atoms with Crippen molar-refractivity contribution in [2.24, 2.45) is 4.99 Å². The second-order valence-electron chi connectivity index (χ2n) is 6.67. The summed E-state index contributed by atoms with van der Waals surface area (Å²) >= 11 is -2.88. The molecule has 0 bridgehead atoms. The number of benzene rings is 2. The van der Waals surface area contributed by atoms with Gasteiger partial charge in [0, 0.05) is 28.9 Å². The van der Waals surface area contributed by atoms with Crippen LogP contribution < -0.4 is 5.26 Å². The van der Waals surface area contributed by atoms with E-state index in [9.17, 15) is 14.7 Å². The van der Waals surface area contributed by atoms with Gasteiger partial charge < -0.3 is 19.3 Å². The summed E-state index contributed by atoms with van der Waals surface area (Å²) in [6.07, 6.45) is 3.04. The molecule has 0 fully saturated rings. The minimum absolute atomic E-state index is 0.0531. The fourth-order valence-corrected chi connectivity index (χ4v) is 3.50. The Balaban J connectivity index is 0.000000471. The number of hydrogen-bond donors (Lipinski definition) is 1. The highest BCUT2D eigenvalue weighted by Crippen LogP contribution is 2.37. The molecule has 2 aromatic heterocycles. The van der Waals surface area contributed by atoms with E-state index in [-0.39, 0.29) is 28.8 Å². The van der Waals surface area contributed by atoms with Crippen LogP contribution in [0.2, 0.25) is 0 Å². The molecule has 1 aliphatic rings. The summed E-state index contributed by atoms with van der Waals surface area (Å²) in [7, 11) is 0. The molecule has 1 N–H and O–H groups in total. The molecule has 4 aromatic rings. The van der Waals surface area contributed by atoms with E-state index in [0.717, 1.165) is 0 Å². The van der Waals surface area contributed by atoms with Crippen LogP contribution in [0.5, 0.6) is 5.75 Å². The number of carbonyl (C=O) groups excluding carboxylic acids is 2. The summed E-state index contributed by atoms with van der Waals surface area (Å²) in [5.41, 5.74) is 2.02. The van der Waals surface area contributed by atoms with Crippen LogP contribution in [0.4, 0.5) is 5.69 Å². The standard InChI is InChI=1S/C22H13N3O3.H2O4S/c26-20-14-5-1-3-7-16(14)24-18(20)19-21(27)15-6-2-4-8-17(15)25(19)22(28)13-9-11-23-12-10-13;1-4-5(2)3/h1-12,27H;1H,(H,2,3)/p-2. The molecular formula is C22H13N3O7S-2. The number of carbonyl (C=O) groups is 2. The highest BCUT2D eigenvalue weighted by Gasteiger charge is 2.33. The molecule has 0 spiro atoms. The largest absolute Gasteiger partial charge is 0.750 e. The SMILES string of the molecule is O=C1C(c2c(O)c3ccccc3n2C(=O)c2ccncc2)=Nc2ccccc21.O=S([O-])O[O-]. The van der Waals surface area contributed by atoms with Gasteiger partial charge in [-0.2, -0.15) is 0 Å². The molecule has 10 nitrogen and oxygen atoms in total. The zero-order valence-corrected chi connectivity index (χ0v) is 17.4. The van der Waals surface area contributed by atoms with Crippen molar-refractivity contribution in [3.63, 3.8) is 0 Å². The van der Waals surface area contributed by atoms with Crippen LogP contribution in [-0.2, 0) is 15.7 Å². The van der Waals surface area contributed by atoms with E-state index in [4.69, 9.17) is 14.0 Å². The van der Waals surface area contributed by atoms with E-state index in [1.807, 2.05) is 0 Å². The molecule has 166 valence electrons. The number of aromatic nitrogens is 2. The fourth-order valence-electron chi connectivity index (χ4n) is 3.50. The lowest BCUT2D eigenvalue weighted by Gasteiger charge is -2.09. The van der Waals surface area contributed by atoms with Gasteiger partial charge in [0.25, 0.3) is 5.91 Å². The lowest BCUT2D eigenvalue weighted by Crippen LogP contribution is -2.21. The molecular weight excluding hydrogens is 450 g/mol. The number of pyridine rings is 1. The van der Waals surface area contributed by atoms with Crippen LogP contribution in [0, 0.1) is 0 Å². The molecule has 1 atom stereocenters. The Morgan fingerprint density at radius 2 is 1.67 bits per heavy atom. The molecule has 11 heteroatoms. The van der Waals surface area contributed by atoms with Gasteiger partial charge in [0.1, 0.15) is 11.4 Å². The lowest BCUT2D eigenvalue weighted by atomic mass is 10.1. The molecule has 3 heterocycles. The van der Waals surface area contributed by atoms with E-state index >= 15 is 0 Å². The number of ketones is 1. The van der Waals surface area contributed by atoms with E-state index < -0.39 is 11.4 Å². The Bertz CT molecular complexity index is 1430. The maximum absolute atomic E-state index is 13.3. The Morgan fingerprint density at radius 1 is 1.03 bits per heavy atom. The predicted molar refractivity (Wildman–Crippen MR) is 115 cm³/mol. The van der Waals surface area contributed by atoms with Crippen molar-refractivity contribution in [3.8, 4) is 5.75 Å². The summed E-state index contributed by atoms with van der Waals surface area (Å²) in [5, 5.41) is 19.9. The number of aromatic hydroxyl groups is 1. The van der Waals surface area contributed by atoms with Crippen LogP contribution in [0.3, 0.4) is 0 Å². The Labute approximate surface area is 188 Å². The molecule has 0 radical (unpaired) electrons. The van der Waals surface area contributed by atoms with Gasteiger partial charge in [0.2, 0.25) is 5.78 Å². The number of aliphatic imine (C=N–C) groups is 1. The van der Waals surface area contributed by atoms with Crippen molar-refractivity contribution in [1.29, 1.82) is 0 Å². The van der Waals surface area contributed by atoms with Crippen molar-refractivity contribution in [3.05, 3.63) is 89.9 Å². The Kier molecular flexibility index (Phi) is 6.20. The van der Waals surface area contributed by atoms with Gasteiger partial charge in [-0.3, -0.25) is 19.1 Å². The van der Waals surface area contributed by atoms with E-state index in [2.05, 4.69) is 14.3 Å². The van der Waals surface area contributed by atoms with Crippen LogP contribution in [0.15, 0.2) is 78.0 Å². The first-order chi connectivity index (χ1) is 15.9. The van der Waals surface area contributed by atoms with E-state index in [0.29, 0.717) is 27.7 Å². The van der Waals surface area contributed by atoms with E-state index in [1.54, 1.807) is 60.7 Å². The molecule has 5 rings (SSSR count). The lowest BCUT2D eigenvalue weighted by molar-refractivity contribution is -0.635. The van der Waals surface area contributed by atoms with Gasteiger partial charge >= 0.3 is 0 Å². The first-order valence-electron chi connectivity index (χ1n) is 9.33. The molecule has 1 aliphatic heterocycles. The van der Waals surface area contributed by atoms with Crippen LogP contribution in [0.25, 0.3) is 10.9 Å². The molecule has 0 amide bonds. The summed E-state index contributed by atoms with van der Waals surface area (Å²) in [6, 6.07) is 17.1. The third-order valence-electron chi connectivity index (χ3n) is 4.85. The van der Waals surface area contributed by atoms with E-state index in [1.165, 1.54) is 17.0 Å². The van der Waals surface area contributed by atoms with Gasteiger partial charge in [-0.25, -0.2) is 9.20 Å².